The fourth-order valence-corrected chi connectivity index (χ4v) is 1.83. The second-order valence-electron chi connectivity index (χ2n) is 4.57. The molecule has 0 amide bonds. The van der Waals surface area contributed by atoms with E-state index < -0.39 is 5.54 Å². The quantitative estimate of drug-likeness (QED) is 0.850. The minimum Gasteiger partial charge on any atom is -0.337 e. The van der Waals surface area contributed by atoms with E-state index in [0.29, 0.717) is 23.3 Å². The molecule has 17 heavy (non-hydrogen) atoms. The van der Waals surface area contributed by atoms with Gasteiger partial charge in [0, 0.05) is 6.20 Å². The Hall–Kier alpha value is -1.82. The van der Waals surface area contributed by atoms with Gasteiger partial charge in [-0.2, -0.15) is 4.98 Å². The third-order valence-corrected chi connectivity index (χ3v) is 3.12. The lowest BCUT2D eigenvalue weighted by molar-refractivity contribution is 0.273. The summed E-state index contributed by atoms with van der Waals surface area (Å²) in [7, 11) is 0. The molecular weight excluding hydrogens is 218 g/mol. The Morgan fingerprint density at radius 1 is 1.47 bits per heavy atom. The van der Waals surface area contributed by atoms with Crippen LogP contribution in [-0.2, 0) is 5.54 Å². The number of nitrogens with two attached hydrogens (primary N) is 1. The van der Waals surface area contributed by atoms with E-state index in [0.717, 1.165) is 12.8 Å². The Kier molecular flexibility index (Phi) is 2.19. The molecule has 0 aromatic carbocycles. The molecule has 1 atom stereocenters. The molecule has 1 saturated carbocycles. The molecular formula is C11H13N5O. The van der Waals surface area contributed by atoms with E-state index in [4.69, 9.17) is 10.3 Å². The summed E-state index contributed by atoms with van der Waals surface area (Å²) in [6, 6.07) is 1.74. The summed E-state index contributed by atoms with van der Waals surface area (Å²) in [5.74, 6) is 1.38. The third kappa shape index (κ3) is 1.80. The maximum Gasteiger partial charge on any atom is 0.247 e. The fraction of sp³-hybridized carbons (Fsp3) is 0.455. The monoisotopic (exact) mass is 231 g/mol. The van der Waals surface area contributed by atoms with Crippen molar-refractivity contribution in [2.75, 3.05) is 0 Å². The number of aromatic nitrogens is 4. The first-order chi connectivity index (χ1) is 8.18. The van der Waals surface area contributed by atoms with E-state index in [2.05, 4.69) is 20.1 Å². The number of hydrogen-bond donors (Lipinski definition) is 1. The fourth-order valence-electron chi connectivity index (χ4n) is 1.83. The molecule has 1 aliphatic carbocycles. The van der Waals surface area contributed by atoms with Gasteiger partial charge in [0.15, 0.2) is 0 Å². The van der Waals surface area contributed by atoms with Crippen molar-refractivity contribution in [2.45, 2.75) is 25.3 Å². The maximum absolute atomic E-state index is 6.21. The molecule has 2 aromatic heterocycles. The van der Waals surface area contributed by atoms with Gasteiger partial charge in [-0.3, -0.25) is 0 Å². The topological polar surface area (TPSA) is 90.7 Å². The highest BCUT2D eigenvalue weighted by molar-refractivity contribution is 5.46. The van der Waals surface area contributed by atoms with Crippen LogP contribution in [0.25, 0.3) is 11.5 Å². The molecule has 6 nitrogen and oxygen atoms in total. The largest absolute Gasteiger partial charge is 0.337 e. The molecule has 1 aliphatic rings. The molecule has 3 rings (SSSR count). The highest BCUT2D eigenvalue weighted by Gasteiger charge is 2.43. The summed E-state index contributed by atoms with van der Waals surface area (Å²) in [5, 5.41) is 3.91. The second kappa shape index (κ2) is 3.59. The Balaban J connectivity index is 1.93. The van der Waals surface area contributed by atoms with Crippen molar-refractivity contribution in [3.05, 3.63) is 24.5 Å². The molecule has 0 radical (unpaired) electrons. The Bertz CT molecular complexity index is 518. The van der Waals surface area contributed by atoms with Crippen LogP contribution < -0.4 is 5.73 Å². The van der Waals surface area contributed by atoms with Gasteiger partial charge in [-0.1, -0.05) is 5.16 Å². The van der Waals surface area contributed by atoms with Crippen LogP contribution in [0, 0.1) is 5.92 Å². The van der Waals surface area contributed by atoms with E-state index in [9.17, 15) is 0 Å². The zero-order valence-electron chi connectivity index (χ0n) is 9.50. The smallest absolute Gasteiger partial charge is 0.247 e. The van der Waals surface area contributed by atoms with Crippen molar-refractivity contribution >= 4 is 0 Å². The van der Waals surface area contributed by atoms with Gasteiger partial charge in [0.05, 0.1) is 5.54 Å². The van der Waals surface area contributed by atoms with Gasteiger partial charge in [0.25, 0.3) is 0 Å². The molecule has 2 heterocycles. The zero-order valence-corrected chi connectivity index (χ0v) is 9.50. The first-order valence-corrected chi connectivity index (χ1v) is 5.57. The van der Waals surface area contributed by atoms with E-state index in [1.165, 1.54) is 6.33 Å². The molecule has 88 valence electrons. The first kappa shape index (κ1) is 10.3. The van der Waals surface area contributed by atoms with Crippen LogP contribution in [0.1, 0.15) is 25.7 Å². The molecule has 6 heteroatoms. The molecule has 0 bridgehead atoms. The average Bonchev–Trinajstić information content (AvgIpc) is 3.08. The average molecular weight is 231 g/mol. The normalized spacial score (nSPS) is 18.9. The van der Waals surface area contributed by atoms with Crippen LogP contribution >= 0.6 is 0 Å². The molecule has 2 aromatic rings. The van der Waals surface area contributed by atoms with Crippen molar-refractivity contribution in [1.29, 1.82) is 0 Å². The van der Waals surface area contributed by atoms with E-state index in [-0.39, 0.29) is 0 Å². The van der Waals surface area contributed by atoms with Gasteiger partial charge in [0.2, 0.25) is 11.7 Å². The Morgan fingerprint density at radius 3 is 2.94 bits per heavy atom. The van der Waals surface area contributed by atoms with Crippen LogP contribution in [0.5, 0.6) is 0 Å². The predicted molar refractivity (Wildman–Crippen MR) is 59.6 cm³/mol. The molecule has 0 aliphatic heterocycles. The van der Waals surface area contributed by atoms with Gasteiger partial charge in [-0.25, -0.2) is 9.97 Å². The van der Waals surface area contributed by atoms with Crippen LogP contribution in [0.3, 0.4) is 0 Å². The summed E-state index contributed by atoms with van der Waals surface area (Å²) in [5.41, 5.74) is 6.32. The van der Waals surface area contributed by atoms with E-state index in [1.807, 2.05) is 6.92 Å². The van der Waals surface area contributed by atoms with Crippen LogP contribution in [-0.4, -0.2) is 20.1 Å². The van der Waals surface area contributed by atoms with Crippen molar-refractivity contribution in [3.63, 3.8) is 0 Å². The van der Waals surface area contributed by atoms with Gasteiger partial charge < -0.3 is 10.3 Å². The van der Waals surface area contributed by atoms with Gasteiger partial charge in [0.1, 0.15) is 12.0 Å². The SMILES string of the molecule is CC(N)(c1nc(-c2ccncn2)no1)C1CC1. The second-order valence-corrected chi connectivity index (χ2v) is 4.57. The summed E-state index contributed by atoms with van der Waals surface area (Å²) in [4.78, 5) is 12.2. The van der Waals surface area contributed by atoms with Crippen molar-refractivity contribution in [3.8, 4) is 11.5 Å². The molecule has 0 saturated heterocycles. The van der Waals surface area contributed by atoms with Gasteiger partial charge >= 0.3 is 0 Å². The van der Waals surface area contributed by atoms with Gasteiger partial charge in [-0.15, -0.1) is 0 Å². The maximum atomic E-state index is 6.21. The van der Waals surface area contributed by atoms with Crippen molar-refractivity contribution < 1.29 is 4.52 Å². The first-order valence-electron chi connectivity index (χ1n) is 5.57. The number of nitrogens with zero attached hydrogens (tertiary/aromatic N) is 4. The highest BCUT2D eigenvalue weighted by atomic mass is 16.5. The van der Waals surface area contributed by atoms with E-state index in [1.54, 1.807) is 12.3 Å². The molecule has 1 fully saturated rings. The molecule has 1 unspecified atom stereocenters. The Morgan fingerprint density at radius 2 is 2.29 bits per heavy atom. The highest BCUT2D eigenvalue weighted by Crippen LogP contribution is 2.43. The van der Waals surface area contributed by atoms with E-state index >= 15 is 0 Å². The summed E-state index contributed by atoms with van der Waals surface area (Å²) in [6.45, 7) is 1.93. The van der Waals surface area contributed by atoms with Crippen LogP contribution in [0.4, 0.5) is 0 Å². The van der Waals surface area contributed by atoms with Crippen molar-refractivity contribution in [1.82, 2.24) is 20.1 Å². The lowest BCUT2D eigenvalue weighted by Crippen LogP contribution is -2.35. The standard InChI is InChI=1S/C11H13N5O/c1-11(12,7-2-3-7)10-15-9(16-17-10)8-4-5-13-6-14-8/h4-7H,2-3,12H2,1H3. The predicted octanol–water partition coefficient (Wildman–Crippen LogP) is 1.11. The zero-order chi connectivity index (χ0) is 11.9. The minimum absolute atomic E-state index is 0.446. The van der Waals surface area contributed by atoms with Gasteiger partial charge in [-0.05, 0) is 31.7 Å². The van der Waals surface area contributed by atoms with Crippen molar-refractivity contribution in [2.24, 2.45) is 11.7 Å². The minimum atomic E-state index is -0.529. The lowest BCUT2D eigenvalue weighted by Gasteiger charge is -2.18. The summed E-state index contributed by atoms with van der Waals surface area (Å²) in [6.07, 6.45) is 5.34. The summed E-state index contributed by atoms with van der Waals surface area (Å²) >= 11 is 0. The summed E-state index contributed by atoms with van der Waals surface area (Å²) < 4.78 is 5.24. The molecule has 2 N–H and O–H groups in total. The third-order valence-electron chi connectivity index (χ3n) is 3.12. The lowest BCUT2D eigenvalue weighted by atomic mass is 9.97. The molecule has 0 spiro atoms. The number of rotatable bonds is 3. The van der Waals surface area contributed by atoms with Crippen LogP contribution in [0.15, 0.2) is 23.1 Å². The van der Waals surface area contributed by atoms with Crippen LogP contribution in [0.2, 0.25) is 0 Å². The Labute approximate surface area is 98.3 Å². The number of hydrogen-bond acceptors (Lipinski definition) is 6.